The molecule has 15 heavy (non-hydrogen) atoms. The third kappa shape index (κ3) is 2.18. The predicted octanol–water partition coefficient (Wildman–Crippen LogP) is 2.23. The van der Waals surface area contributed by atoms with Gasteiger partial charge in [-0.1, -0.05) is 19.1 Å². The Balaban J connectivity index is 2.28. The number of likely N-dealkylation sites (N-methyl/N-ethyl adjacent to an activating group) is 1. The maximum absolute atomic E-state index is 4.58. The van der Waals surface area contributed by atoms with Gasteiger partial charge in [0.1, 0.15) is 5.82 Å². The molecule has 2 rings (SSSR count). The van der Waals surface area contributed by atoms with Gasteiger partial charge in [0.15, 0.2) is 0 Å². The Labute approximate surface area is 90.1 Å². The van der Waals surface area contributed by atoms with E-state index in [1.165, 1.54) is 0 Å². The number of hydrogen-bond acceptors (Lipinski definition) is 2. The van der Waals surface area contributed by atoms with Crippen LogP contribution >= 0.6 is 0 Å². The average molecular weight is 203 g/mol. The first-order chi connectivity index (χ1) is 7.16. The van der Waals surface area contributed by atoms with Crippen LogP contribution in [0.15, 0.2) is 24.3 Å². The SMILES string of the molecule is CC(CN(C)C)c1nc2ccccc2[nH]1. The van der Waals surface area contributed by atoms with Crippen molar-refractivity contribution in [3.63, 3.8) is 0 Å². The van der Waals surface area contributed by atoms with Crippen LogP contribution in [0, 0.1) is 0 Å². The summed E-state index contributed by atoms with van der Waals surface area (Å²) in [6.07, 6.45) is 0. The zero-order valence-electron chi connectivity index (χ0n) is 9.49. The van der Waals surface area contributed by atoms with Gasteiger partial charge in [0, 0.05) is 12.5 Å². The largest absolute Gasteiger partial charge is 0.342 e. The first-order valence-electron chi connectivity index (χ1n) is 5.26. The summed E-state index contributed by atoms with van der Waals surface area (Å²) in [5, 5.41) is 0. The molecular weight excluding hydrogens is 186 g/mol. The number of para-hydroxylation sites is 2. The molecule has 1 atom stereocenters. The minimum absolute atomic E-state index is 0.437. The molecule has 0 amide bonds. The summed E-state index contributed by atoms with van der Waals surface area (Å²) in [7, 11) is 4.16. The first kappa shape index (κ1) is 10.2. The summed E-state index contributed by atoms with van der Waals surface area (Å²) in [4.78, 5) is 10.1. The second-order valence-electron chi connectivity index (χ2n) is 4.30. The summed E-state index contributed by atoms with van der Waals surface area (Å²) in [5.74, 6) is 1.51. The number of nitrogens with zero attached hydrogens (tertiary/aromatic N) is 2. The second kappa shape index (κ2) is 4.03. The van der Waals surface area contributed by atoms with E-state index in [1.54, 1.807) is 0 Å². The van der Waals surface area contributed by atoms with Crippen LogP contribution in [0.1, 0.15) is 18.7 Å². The van der Waals surface area contributed by atoms with E-state index in [9.17, 15) is 0 Å². The molecule has 80 valence electrons. The van der Waals surface area contributed by atoms with Crippen molar-refractivity contribution < 1.29 is 0 Å². The van der Waals surface area contributed by atoms with Crippen LogP contribution in [-0.2, 0) is 0 Å². The highest BCUT2D eigenvalue weighted by Crippen LogP contribution is 2.17. The van der Waals surface area contributed by atoms with Gasteiger partial charge in [0.05, 0.1) is 11.0 Å². The molecule has 1 N–H and O–H groups in total. The lowest BCUT2D eigenvalue weighted by Gasteiger charge is -2.14. The predicted molar refractivity (Wildman–Crippen MR) is 63.1 cm³/mol. The number of nitrogens with one attached hydrogen (secondary N) is 1. The van der Waals surface area contributed by atoms with E-state index < -0.39 is 0 Å². The van der Waals surface area contributed by atoms with Gasteiger partial charge in [-0.15, -0.1) is 0 Å². The molecule has 1 aromatic carbocycles. The van der Waals surface area contributed by atoms with Gasteiger partial charge < -0.3 is 9.88 Å². The van der Waals surface area contributed by atoms with E-state index in [-0.39, 0.29) is 0 Å². The fourth-order valence-corrected chi connectivity index (χ4v) is 1.84. The van der Waals surface area contributed by atoms with Crippen molar-refractivity contribution >= 4 is 11.0 Å². The number of imidazole rings is 1. The number of fused-ring (bicyclic) bond motifs is 1. The average Bonchev–Trinajstić information content (AvgIpc) is 2.59. The van der Waals surface area contributed by atoms with Crippen LogP contribution in [0.3, 0.4) is 0 Å². The normalized spacial score (nSPS) is 13.6. The van der Waals surface area contributed by atoms with E-state index in [1.807, 2.05) is 18.2 Å². The summed E-state index contributed by atoms with van der Waals surface area (Å²) < 4.78 is 0. The third-order valence-electron chi connectivity index (χ3n) is 2.51. The van der Waals surface area contributed by atoms with E-state index in [0.717, 1.165) is 23.4 Å². The van der Waals surface area contributed by atoms with Crippen LogP contribution in [0.25, 0.3) is 11.0 Å². The molecule has 0 radical (unpaired) electrons. The summed E-state index contributed by atoms with van der Waals surface area (Å²) in [6, 6.07) is 8.15. The molecule has 3 nitrogen and oxygen atoms in total. The quantitative estimate of drug-likeness (QED) is 0.829. The van der Waals surface area contributed by atoms with Crippen LogP contribution in [0.5, 0.6) is 0 Å². The maximum atomic E-state index is 4.58. The topological polar surface area (TPSA) is 31.9 Å². The Hall–Kier alpha value is -1.35. The molecule has 0 aliphatic heterocycles. The molecule has 0 spiro atoms. The maximum Gasteiger partial charge on any atom is 0.111 e. The number of benzene rings is 1. The van der Waals surface area contributed by atoms with Crippen molar-refractivity contribution in [2.45, 2.75) is 12.8 Å². The molecule has 0 saturated heterocycles. The Bertz CT molecular complexity index is 412. The van der Waals surface area contributed by atoms with Crippen LogP contribution in [-0.4, -0.2) is 35.5 Å². The van der Waals surface area contributed by atoms with Gasteiger partial charge >= 0.3 is 0 Å². The lowest BCUT2D eigenvalue weighted by molar-refractivity contribution is 0.378. The number of H-pyrrole nitrogens is 1. The van der Waals surface area contributed by atoms with Gasteiger partial charge in [-0.3, -0.25) is 0 Å². The fourth-order valence-electron chi connectivity index (χ4n) is 1.84. The lowest BCUT2D eigenvalue weighted by atomic mass is 10.1. The first-order valence-corrected chi connectivity index (χ1v) is 5.26. The summed E-state index contributed by atoms with van der Waals surface area (Å²) >= 11 is 0. The van der Waals surface area contributed by atoms with E-state index in [4.69, 9.17) is 0 Å². The zero-order valence-corrected chi connectivity index (χ0v) is 9.49. The minimum atomic E-state index is 0.437. The molecule has 0 aliphatic carbocycles. The zero-order chi connectivity index (χ0) is 10.8. The van der Waals surface area contributed by atoms with E-state index >= 15 is 0 Å². The second-order valence-corrected chi connectivity index (χ2v) is 4.30. The van der Waals surface area contributed by atoms with Gasteiger partial charge in [-0.05, 0) is 26.2 Å². The lowest BCUT2D eigenvalue weighted by Crippen LogP contribution is -2.19. The van der Waals surface area contributed by atoms with Crippen molar-refractivity contribution in [2.75, 3.05) is 20.6 Å². The standard InChI is InChI=1S/C12H17N3/c1-9(8-15(2)3)12-13-10-6-4-5-7-11(10)14-12/h4-7,9H,8H2,1-3H3,(H,13,14). The van der Waals surface area contributed by atoms with Crippen molar-refractivity contribution in [1.82, 2.24) is 14.9 Å². The van der Waals surface area contributed by atoms with E-state index in [0.29, 0.717) is 5.92 Å². The van der Waals surface area contributed by atoms with E-state index in [2.05, 4.69) is 42.0 Å². The molecule has 0 saturated carbocycles. The van der Waals surface area contributed by atoms with Crippen LogP contribution in [0.4, 0.5) is 0 Å². The third-order valence-corrected chi connectivity index (χ3v) is 2.51. The minimum Gasteiger partial charge on any atom is -0.342 e. The number of hydrogen-bond donors (Lipinski definition) is 1. The monoisotopic (exact) mass is 203 g/mol. The van der Waals surface area contributed by atoms with Gasteiger partial charge in [0.25, 0.3) is 0 Å². The van der Waals surface area contributed by atoms with Crippen molar-refractivity contribution in [1.29, 1.82) is 0 Å². The molecule has 0 bridgehead atoms. The molecule has 0 fully saturated rings. The number of aromatic nitrogens is 2. The molecular formula is C12H17N3. The Morgan fingerprint density at radius 3 is 2.73 bits per heavy atom. The molecule has 3 heteroatoms. The van der Waals surface area contributed by atoms with Crippen LogP contribution < -0.4 is 0 Å². The molecule has 1 aromatic heterocycles. The number of aromatic amines is 1. The fraction of sp³-hybridized carbons (Fsp3) is 0.417. The molecule has 1 unspecified atom stereocenters. The summed E-state index contributed by atoms with van der Waals surface area (Å²) in [6.45, 7) is 3.21. The Morgan fingerprint density at radius 2 is 2.07 bits per heavy atom. The molecule has 0 aliphatic rings. The highest BCUT2D eigenvalue weighted by molar-refractivity contribution is 5.74. The highest BCUT2D eigenvalue weighted by atomic mass is 15.1. The van der Waals surface area contributed by atoms with Gasteiger partial charge in [0.2, 0.25) is 0 Å². The van der Waals surface area contributed by atoms with Crippen molar-refractivity contribution in [3.05, 3.63) is 30.1 Å². The van der Waals surface area contributed by atoms with Gasteiger partial charge in [-0.2, -0.15) is 0 Å². The van der Waals surface area contributed by atoms with Crippen LogP contribution in [0.2, 0.25) is 0 Å². The molecule has 1 heterocycles. The number of rotatable bonds is 3. The smallest absolute Gasteiger partial charge is 0.111 e. The summed E-state index contributed by atoms with van der Waals surface area (Å²) in [5.41, 5.74) is 2.18. The van der Waals surface area contributed by atoms with Gasteiger partial charge in [-0.25, -0.2) is 4.98 Å². The highest BCUT2D eigenvalue weighted by Gasteiger charge is 2.10. The van der Waals surface area contributed by atoms with Crippen molar-refractivity contribution in [3.8, 4) is 0 Å². The van der Waals surface area contributed by atoms with Crippen molar-refractivity contribution in [2.24, 2.45) is 0 Å². The Kier molecular flexibility index (Phi) is 2.73. The molecule has 2 aromatic rings. The Morgan fingerprint density at radius 1 is 1.33 bits per heavy atom.